The molecule has 0 aliphatic heterocycles. The second-order valence-electron chi connectivity index (χ2n) is 7.54. The molecule has 1 unspecified atom stereocenters. The Kier molecular flexibility index (Phi) is 8.03. The van der Waals surface area contributed by atoms with Crippen LogP contribution in [-0.2, 0) is 21.3 Å². The zero-order chi connectivity index (χ0) is 25.0. The number of nitrogens with zero attached hydrogens (tertiary/aromatic N) is 4. The molecule has 0 saturated carbocycles. The summed E-state index contributed by atoms with van der Waals surface area (Å²) in [6, 6.07) is 9.35. The van der Waals surface area contributed by atoms with E-state index in [2.05, 4.69) is 4.98 Å². The van der Waals surface area contributed by atoms with Crippen molar-refractivity contribution in [2.45, 2.75) is 37.8 Å². The molecule has 1 atom stereocenters. The van der Waals surface area contributed by atoms with Crippen molar-refractivity contribution in [2.24, 2.45) is 0 Å². The van der Waals surface area contributed by atoms with Crippen LogP contribution in [0.25, 0.3) is 10.9 Å². The highest BCUT2D eigenvalue weighted by molar-refractivity contribution is 7.89. The van der Waals surface area contributed by atoms with Crippen molar-refractivity contribution < 1.29 is 18.1 Å². The van der Waals surface area contributed by atoms with E-state index in [1.807, 2.05) is 0 Å². The number of rotatable bonds is 10. The maximum atomic E-state index is 13.7. The van der Waals surface area contributed by atoms with E-state index >= 15 is 0 Å². The van der Waals surface area contributed by atoms with E-state index in [1.165, 1.54) is 28.1 Å². The average molecular weight is 509 g/mol. The highest BCUT2D eigenvalue weighted by Crippen LogP contribution is 2.32. The Morgan fingerprint density at radius 2 is 1.97 bits per heavy atom. The summed E-state index contributed by atoms with van der Waals surface area (Å²) in [5.74, 6) is 0.274. The number of halogens is 1. The van der Waals surface area contributed by atoms with E-state index in [0.717, 1.165) is 6.07 Å². The highest BCUT2D eigenvalue weighted by atomic mass is 35.5. The second kappa shape index (κ2) is 10.6. The van der Waals surface area contributed by atoms with Gasteiger partial charge in [0.1, 0.15) is 10.8 Å². The molecule has 0 N–H and O–H groups in total. The Labute approximate surface area is 201 Å². The number of benzene rings is 2. The Bertz CT molecular complexity index is 1380. The summed E-state index contributed by atoms with van der Waals surface area (Å²) < 4.78 is 35.1. The summed E-state index contributed by atoms with van der Waals surface area (Å²) in [7, 11) is -2.73. The normalized spacial score (nSPS) is 12.9. The predicted octanol–water partition coefficient (Wildman–Crippen LogP) is 3.77. The van der Waals surface area contributed by atoms with Gasteiger partial charge in [-0.05, 0) is 44.5 Å². The van der Waals surface area contributed by atoms with Gasteiger partial charge in [-0.25, -0.2) is 13.4 Å². The van der Waals surface area contributed by atoms with Gasteiger partial charge in [-0.2, -0.15) is 4.31 Å². The molecule has 0 amide bonds. The van der Waals surface area contributed by atoms with Crippen molar-refractivity contribution in [1.82, 2.24) is 13.9 Å². The zero-order valence-corrected chi connectivity index (χ0v) is 20.5. The molecule has 182 valence electrons. The first kappa shape index (κ1) is 25.8. The molecule has 34 heavy (non-hydrogen) atoms. The second-order valence-corrected chi connectivity index (χ2v) is 9.84. The molecule has 0 aliphatic rings. The number of hydrogen-bond acceptors (Lipinski definition) is 7. The molecule has 10 nitrogen and oxygen atoms in total. The summed E-state index contributed by atoms with van der Waals surface area (Å²) in [6.45, 7) is 4.04. The molecule has 0 fully saturated rings. The van der Waals surface area contributed by atoms with Crippen LogP contribution in [0.5, 0.6) is 0 Å². The molecule has 1 aromatic heterocycles. The number of methoxy groups -OCH3 is 1. The molecular formula is C22H25ClN4O6S. The molecule has 0 bridgehead atoms. The van der Waals surface area contributed by atoms with Gasteiger partial charge in [0.25, 0.3) is 11.2 Å². The smallest absolute Gasteiger partial charge is 0.289 e. The minimum atomic E-state index is -4.23. The average Bonchev–Trinajstić information content (AvgIpc) is 2.81. The van der Waals surface area contributed by atoms with Crippen LogP contribution in [0, 0.1) is 10.1 Å². The van der Waals surface area contributed by atoms with Crippen LogP contribution in [0.2, 0.25) is 5.02 Å². The number of para-hydroxylation sites is 1. The lowest BCUT2D eigenvalue weighted by atomic mass is 10.2. The molecule has 0 spiro atoms. The Morgan fingerprint density at radius 1 is 1.26 bits per heavy atom. The van der Waals surface area contributed by atoms with E-state index in [-0.39, 0.29) is 34.4 Å². The molecule has 3 aromatic rings. The summed E-state index contributed by atoms with van der Waals surface area (Å²) in [5, 5.41) is 11.6. The largest absolute Gasteiger partial charge is 0.385 e. The number of aromatic nitrogens is 2. The monoisotopic (exact) mass is 508 g/mol. The number of nitro benzene ring substituents is 1. The first-order valence-electron chi connectivity index (χ1n) is 10.6. The molecule has 0 aliphatic carbocycles. The van der Waals surface area contributed by atoms with Gasteiger partial charge in [0.15, 0.2) is 0 Å². The third kappa shape index (κ3) is 4.97. The number of hydrogen-bond donors (Lipinski definition) is 0. The van der Waals surface area contributed by atoms with Gasteiger partial charge in [-0.15, -0.1) is 0 Å². The van der Waals surface area contributed by atoms with Gasteiger partial charge in [-0.1, -0.05) is 23.7 Å². The van der Waals surface area contributed by atoms with E-state index in [9.17, 15) is 23.3 Å². The number of nitro groups is 1. The van der Waals surface area contributed by atoms with Crippen molar-refractivity contribution in [3.63, 3.8) is 0 Å². The number of fused-ring (bicyclic) bond motifs is 1. The van der Waals surface area contributed by atoms with Gasteiger partial charge in [0.2, 0.25) is 10.0 Å². The molecule has 2 aromatic carbocycles. The van der Waals surface area contributed by atoms with E-state index in [1.54, 1.807) is 38.1 Å². The lowest BCUT2D eigenvalue weighted by Gasteiger charge is -2.29. The number of ether oxygens (including phenoxy) is 1. The third-order valence-electron chi connectivity index (χ3n) is 5.46. The van der Waals surface area contributed by atoms with Crippen LogP contribution in [0.15, 0.2) is 52.2 Å². The molecular weight excluding hydrogens is 484 g/mol. The molecule has 0 radical (unpaired) electrons. The van der Waals surface area contributed by atoms with Crippen LogP contribution in [0.1, 0.15) is 32.1 Å². The maximum Gasteiger partial charge on any atom is 0.289 e. The minimum Gasteiger partial charge on any atom is -0.385 e. The first-order valence-corrected chi connectivity index (χ1v) is 12.4. The van der Waals surface area contributed by atoms with Gasteiger partial charge < -0.3 is 4.74 Å². The fourth-order valence-corrected chi connectivity index (χ4v) is 5.59. The van der Waals surface area contributed by atoms with Crippen molar-refractivity contribution >= 4 is 38.2 Å². The molecule has 1 heterocycles. The quantitative estimate of drug-likeness (QED) is 0.232. The Hall–Kier alpha value is -2.86. The van der Waals surface area contributed by atoms with Gasteiger partial charge in [0, 0.05) is 32.9 Å². The lowest BCUT2D eigenvalue weighted by molar-refractivity contribution is -0.384. The van der Waals surface area contributed by atoms with Crippen molar-refractivity contribution in [2.75, 3.05) is 20.3 Å². The van der Waals surface area contributed by atoms with Crippen LogP contribution in [0.4, 0.5) is 5.69 Å². The maximum absolute atomic E-state index is 13.7. The summed E-state index contributed by atoms with van der Waals surface area (Å²) in [5.41, 5.74) is -0.330. The Balaban J connectivity index is 2.17. The molecule has 12 heteroatoms. The zero-order valence-electron chi connectivity index (χ0n) is 19.0. The topological polar surface area (TPSA) is 125 Å². The SMILES string of the molecule is CCn1c(C(C)N(CCCOC)S(=O)(=O)c2ccc(Cl)c([N+](=O)[O-])c2)nc2ccccc2c1=O. The van der Waals surface area contributed by atoms with Crippen LogP contribution in [-0.4, -0.2) is 47.5 Å². The van der Waals surface area contributed by atoms with E-state index < -0.39 is 26.7 Å². The number of sulfonamides is 1. The van der Waals surface area contributed by atoms with E-state index in [4.69, 9.17) is 16.3 Å². The summed E-state index contributed by atoms with van der Waals surface area (Å²) >= 11 is 5.88. The van der Waals surface area contributed by atoms with E-state index in [0.29, 0.717) is 23.9 Å². The van der Waals surface area contributed by atoms with Crippen LogP contribution >= 0.6 is 11.6 Å². The lowest BCUT2D eigenvalue weighted by Crippen LogP contribution is -2.38. The van der Waals surface area contributed by atoms with Gasteiger partial charge in [0.05, 0.1) is 26.8 Å². The summed E-state index contributed by atoms with van der Waals surface area (Å²) in [4.78, 5) is 28.0. The first-order chi connectivity index (χ1) is 16.1. The molecule has 3 rings (SSSR count). The van der Waals surface area contributed by atoms with Gasteiger partial charge in [-0.3, -0.25) is 19.5 Å². The van der Waals surface area contributed by atoms with Crippen LogP contribution in [0.3, 0.4) is 0 Å². The highest BCUT2D eigenvalue weighted by Gasteiger charge is 2.33. The summed E-state index contributed by atoms with van der Waals surface area (Å²) in [6.07, 6.45) is 0.361. The van der Waals surface area contributed by atoms with Crippen molar-refractivity contribution in [1.29, 1.82) is 0 Å². The minimum absolute atomic E-state index is 0.0418. The van der Waals surface area contributed by atoms with Crippen molar-refractivity contribution in [3.8, 4) is 0 Å². The van der Waals surface area contributed by atoms with Crippen molar-refractivity contribution in [3.05, 3.63) is 73.8 Å². The standard InChI is InChI=1S/C22H25ClN4O6S/c1-4-25-21(24-19-9-6-5-8-17(19)22(25)28)15(2)26(12-7-13-33-3)34(31,32)16-10-11-18(23)20(14-16)27(29)30/h5-6,8-11,14-15H,4,7,12-13H2,1-3H3. The molecule has 0 saturated heterocycles. The Morgan fingerprint density at radius 3 is 2.62 bits per heavy atom. The predicted molar refractivity (Wildman–Crippen MR) is 129 cm³/mol. The van der Waals surface area contributed by atoms with Crippen LogP contribution < -0.4 is 5.56 Å². The van der Waals surface area contributed by atoms with Gasteiger partial charge >= 0.3 is 0 Å². The third-order valence-corrected chi connectivity index (χ3v) is 7.75. The fourth-order valence-electron chi connectivity index (χ4n) is 3.75. The fraction of sp³-hybridized carbons (Fsp3) is 0.364.